The summed E-state index contributed by atoms with van der Waals surface area (Å²) in [6.07, 6.45) is 7.15. The molecule has 1 aromatic rings. The van der Waals surface area contributed by atoms with E-state index in [1.54, 1.807) is 4.50 Å². The SMILES string of the molecule is C[Si](C)(CCCN1CCCCCC1)c1cccs1. The molecular weight excluding hydrogens is 254 g/mol. The minimum Gasteiger partial charge on any atom is -0.303 e. The van der Waals surface area contributed by atoms with E-state index in [1.807, 2.05) is 11.3 Å². The first-order valence-electron chi connectivity index (χ1n) is 7.45. The molecule has 0 bridgehead atoms. The molecular formula is C15H27NSSi. The maximum absolute atomic E-state index is 2.70. The fraction of sp³-hybridized carbons (Fsp3) is 0.733. The van der Waals surface area contributed by atoms with Crippen LogP contribution in [0.4, 0.5) is 0 Å². The summed E-state index contributed by atoms with van der Waals surface area (Å²) in [5, 5.41) is 2.24. The predicted octanol–water partition coefficient (Wildman–Crippen LogP) is 3.93. The lowest BCUT2D eigenvalue weighted by Crippen LogP contribution is -2.39. The molecule has 0 atom stereocenters. The van der Waals surface area contributed by atoms with Crippen molar-refractivity contribution < 1.29 is 0 Å². The van der Waals surface area contributed by atoms with Gasteiger partial charge in [-0.15, -0.1) is 0 Å². The molecule has 3 heteroatoms. The van der Waals surface area contributed by atoms with Crippen molar-refractivity contribution in [3.63, 3.8) is 0 Å². The summed E-state index contributed by atoms with van der Waals surface area (Å²) in [5.74, 6) is 0. The summed E-state index contributed by atoms with van der Waals surface area (Å²) in [5.41, 5.74) is 0. The summed E-state index contributed by atoms with van der Waals surface area (Å²) in [6, 6.07) is 6.01. The lowest BCUT2D eigenvalue weighted by Gasteiger charge is -2.24. The number of hydrogen-bond donors (Lipinski definition) is 0. The summed E-state index contributed by atoms with van der Waals surface area (Å²) >= 11 is 1.97. The summed E-state index contributed by atoms with van der Waals surface area (Å²) < 4.78 is 1.68. The van der Waals surface area contributed by atoms with Crippen LogP contribution in [-0.2, 0) is 0 Å². The average molecular weight is 282 g/mol. The van der Waals surface area contributed by atoms with E-state index in [2.05, 4.69) is 35.5 Å². The fourth-order valence-electron chi connectivity index (χ4n) is 2.89. The Balaban J connectivity index is 1.74. The zero-order chi connectivity index (χ0) is 12.8. The molecule has 0 aliphatic carbocycles. The number of nitrogens with zero attached hydrogens (tertiary/aromatic N) is 1. The van der Waals surface area contributed by atoms with Crippen LogP contribution in [-0.4, -0.2) is 32.6 Å². The molecule has 2 rings (SSSR count). The minimum atomic E-state index is -1.13. The van der Waals surface area contributed by atoms with Gasteiger partial charge in [0.15, 0.2) is 0 Å². The first kappa shape index (κ1) is 14.3. The molecule has 102 valence electrons. The first-order valence-corrected chi connectivity index (χ1v) is 11.5. The van der Waals surface area contributed by atoms with Gasteiger partial charge < -0.3 is 4.90 Å². The Hall–Kier alpha value is -0.123. The highest BCUT2D eigenvalue weighted by atomic mass is 32.1. The highest BCUT2D eigenvalue weighted by Crippen LogP contribution is 2.17. The predicted molar refractivity (Wildman–Crippen MR) is 85.8 cm³/mol. The van der Waals surface area contributed by atoms with Crippen molar-refractivity contribution in [3.05, 3.63) is 17.5 Å². The molecule has 0 spiro atoms. The molecule has 0 unspecified atom stereocenters. The smallest absolute Gasteiger partial charge is 0.0934 e. The van der Waals surface area contributed by atoms with Crippen molar-refractivity contribution in [2.45, 2.75) is 51.2 Å². The van der Waals surface area contributed by atoms with Crippen molar-refractivity contribution in [3.8, 4) is 0 Å². The van der Waals surface area contributed by atoms with Gasteiger partial charge >= 0.3 is 0 Å². The second-order valence-corrected chi connectivity index (χ2v) is 12.3. The van der Waals surface area contributed by atoms with Crippen LogP contribution in [0, 0.1) is 0 Å². The van der Waals surface area contributed by atoms with Gasteiger partial charge in [-0.25, -0.2) is 0 Å². The molecule has 1 fully saturated rings. The Kier molecular flexibility index (Phi) is 5.46. The topological polar surface area (TPSA) is 3.24 Å². The van der Waals surface area contributed by atoms with Gasteiger partial charge in [0.1, 0.15) is 0 Å². The van der Waals surface area contributed by atoms with Crippen LogP contribution in [0.1, 0.15) is 32.1 Å². The van der Waals surface area contributed by atoms with Gasteiger partial charge in [-0.05, 0) is 48.8 Å². The first-order chi connectivity index (χ1) is 8.68. The Bertz CT molecular complexity index is 326. The molecule has 1 aliphatic rings. The summed E-state index contributed by atoms with van der Waals surface area (Å²) in [6.45, 7) is 9.09. The largest absolute Gasteiger partial charge is 0.303 e. The van der Waals surface area contributed by atoms with Crippen LogP contribution >= 0.6 is 11.3 Å². The summed E-state index contributed by atoms with van der Waals surface area (Å²) in [7, 11) is -1.13. The second kappa shape index (κ2) is 6.87. The van der Waals surface area contributed by atoms with E-state index in [4.69, 9.17) is 0 Å². The lowest BCUT2D eigenvalue weighted by atomic mass is 10.2. The number of rotatable bonds is 5. The lowest BCUT2D eigenvalue weighted by molar-refractivity contribution is 0.285. The zero-order valence-electron chi connectivity index (χ0n) is 12.0. The van der Waals surface area contributed by atoms with Gasteiger partial charge in [-0.1, -0.05) is 44.1 Å². The van der Waals surface area contributed by atoms with Gasteiger partial charge in [-0.3, -0.25) is 0 Å². The fourth-order valence-corrected chi connectivity index (χ4v) is 6.97. The van der Waals surface area contributed by atoms with Gasteiger partial charge in [0.05, 0.1) is 8.07 Å². The monoisotopic (exact) mass is 281 g/mol. The van der Waals surface area contributed by atoms with E-state index in [9.17, 15) is 0 Å². The number of likely N-dealkylation sites (tertiary alicyclic amines) is 1. The normalized spacial score (nSPS) is 18.8. The van der Waals surface area contributed by atoms with Crippen molar-refractivity contribution in [2.24, 2.45) is 0 Å². The van der Waals surface area contributed by atoms with Crippen molar-refractivity contribution in [1.29, 1.82) is 0 Å². The van der Waals surface area contributed by atoms with Crippen LogP contribution in [0.25, 0.3) is 0 Å². The molecule has 2 heterocycles. The highest BCUT2D eigenvalue weighted by molar-refractivity contribution is 7.25. The van der Waals surface area contributed by atoms with E-state index < -0.39 is 8.07 Å². The molecule has 18 heavy (non-hydrogen) atoms. The maximum atomic E-state index is 2.70. The quantitative estimate of drug-likeness (QED) is 0.739. The van der Waals surface area contributed by atoms with Gasteiger partial charge in [-0.2, -0.15) is 11.3 Å². The number of thiophene rings is 1. The highest BCUT2D eigenvalue weighted by Gasteiger charge is 2.24. The van der Waals surface area contributed by atoms with E-state index in [1.165, 1.54) is 57.8 Å². The third-order valence-electron chi connectivity index (χ3n) is 4.16. The number of hydrogen-bond acceptors (Lipinski definition) is 2. The molecule has 1 aliphatic heterocycles. The van der Waals surface area contributed by atoms with Crippen LogP contribution < -0.4 is 4.50 Å². The Morgan fingerprint density at radius 2 is 1.89 bits per heavy atom. The van der Waals surface area contributed by atoms with Crippen molar-refractivity contribution >= 4 is 23.9 Å². The average Bonchev–Trinajstić information content (AvgIpc) is 2.76. The maximum Gasteiger partial charge on any atom is 0.0934 e. The van der Waals surface area contributed by atoms with Crippen molar-refractivity contribution in [2.75, 3.05) is 19.6 Å². The van der Waals surface area contributed by atoms with Crippen LogP contribution in [0.15, 0.2) is 17.5 Å². The van der Waals surface area contributed by atoms with Crippen LogP contribution in [0.5, 0.6) is 0 Å². The van der Waals surface area contributed by atoms with Gasteiger partial charge in [0.25, 0.3) is 0 Å². The van der Waals surface area contributed by atoms with Crippen molar-refractivity contribution in [1.82, 2.24) is 4.90 Å². The van der Waals surface area contributed by atoms with E-state index in [0.29, 0.717) is 0 Å². The minimum absolute atomic E-state index is 1.13. The molecule has 1 saturated heterocycles. The van der Waals surface area contributed by atoms with Crippen LogP contribution in [0.3, 0.4) is 0 Å². The molecule has 0 saturated carbocycles. The Morgan fingerprint density at radius 3 is 2.50 bits per heavy atom. The van der Waals surface area contributed by atoms with E-state index >= 15 is 0 Å². The molecule has 0 amide bonds. The molecule has 0 radical (unpaired) electrons. The third-order valence-corrected chi connectivity index (χ3v) is 9.96. The molecule has 0 aromatic carbocycles. The van der Waals surface area contributed by atoms with E-state index in [0.717, 1.165) is 0 Å². The Morgan fingerprint density at radius 1 is 1.17 bits per heavy atom. The Labute approximate surface area is 117 Å². The van der Waals surface area contributed by atoms with Gasteiger partial charge in [0.2, 0.25) is 0 Å². The standard InChI is InChI=1S/C15H27NSSi/c1-18(2,15-9-7-13-17-15)14-8-12-16-10-5-3-4-6-11-16/h7,9,13H,3-6,8,10-12,14H2,1-2H3. The van der Waals surface area contributed by atoms with Gasteiger partial charge in [0, 0.05) is 0 Å². The molecule has 1 aromatic heterocycles. The van der Waals surface area contributed by atoms with E-state index in [-0.39, 0.29) is 0 Å². The molecule has 1 nitrogen and oxygen atoms in total. The second-order valence-electron chi connectivity index (χ2n) is 6.22. The zero-order valence-corrected chi connectivity index (χ0v) is 13.8. The summed E-state index contributed by atoms with van der Waals surface area (Å²) in [4.78, 5) is 2.70. The van der Waals surface area contributed by atoms with Crippen LogP contribution in [0.2, 0.25) is 19.1 Å². The molecule has 0 N–H and O–H groups in total. The third kappa shape index (κ3) is 4.21.